The molecule has 88 valence electrons. The van der Waals surface area contributed by atoms with Gasteiger partial charge in [0.1, 0.15) is 11.9 Å². The molecule has 3 nitrogen and oxygen atoms in total. The van der Waals surface area contributed by atoms with Crippen LogP contribution in [0.15, 0.2) is 18.2 Å². The van der Waals surface area contributed by atoms with Gasteiger partial charge in [-0.2, -0.15) is 0 Å². The Morgan fingerprint density at radius 1 is 1.56 bits per heavy atom. The van der Waals surface area contributed by atoms with Gasteiger partial charge in [0.15, 0.2) is 0 Å². The van der Waals surface area contributed by atoms with Gasteiger partial charge in [0.05, 0.1) is 12.1 Å². The van der Waals surface area contributed by atoms with Crippen molar-refractivity contribution in [2.45, 2.75) is 18.9 Å². The standard InChI is InChI=1S/C11H13ClFNO2/c1-6(10(14)11(15)16-2)7-3-4-9(13)8(12)5-7/h3-6,10H,14H2,1-2H3. The fraction of sp³-hybridized carbons (Fsp3) is 0.364. The van der Waals surface area contributed by atoms with Crippen LogP contribution in [0.3, 0.4) is 0 Å². The van der Waals surface area contributed by atoms with Crippen molar-refractivity contribution in [3.8, 4) is 0 Å². The Bertz CT molecular complexity index is 398. The van der Waals surface area contributed by atoms with E-state index >= 15 is 0 Å². The number of esters is 1. The topological polar surface area (TPSA) is 52.3 Å². The van der Waals surface area contributed by atoms with Gasteiger partial charge in [0, 0.05) is 5.92 Å². The van der Waals surface area contributed by atoms with Gasteiger partial charge in [-0.15, -0.1) is 0 Å². The second-order valence-electron chi connectivity index (χ2n) is 3.51. The van der Waals surface area contributed by atoms with Gasteiger partial charge in [-0.05, 0) is 17.7 Å². The average Bonchev–Trinajstić information content (AvgIpc) is 2.29. The molecule has 0 saturated carbocycles. The molecular weight excluding hydrogens is 233 g/mol. The average molecular weight is 246 g/mol. The number of ether oxygens (including phenoxy) is 1. The summed E-state index contributed by atoms with van der Waals surface area (Å²) in [6.07, 6.45) is 0. The summed E-state index contributed by atoms with van der Waals surface area (Å²) in [5.41, 5.74) is 6.38. The van der Waals surface area contributed by atoms with E-state index in [4.69, 9.17) is 17.3 Å². The summed E-state index contributed by atoms with van der Waals surface area (Å²) >= 11 is 5.64. The molecule has 0 radical (unpaired) electrons. The monoisotopic (exact) mass is 245 g/mol. The molecule has 2 unspecified atom stereocenters. The third-order valence-electron chi connectivity index (χ3n) is 2.48. The molecule has 0 aliphatic carbocycles. The summed E-state index contributed by atoms with van der Waals surface area (Å²) in [5.74, 6) is -1.29. The highest BCUT2D eigenvalue weighted by atomic mass is 35.5. The van der Waals surface area contributed by atoms with Crippen LogP contribution in [0.5, 0.6) is 0 Å². The summed E-state index contributed by atoms with van der Waals surface area (Å²) in [6, 6.07) is 3.48. The molecule has 0 saturated heterocycles. The number of hydrogen-bond acceptors (Lipinski definition) is 3. The van der Waals surface area contributed by atoms with E-state index in [0.717, 1.165) is 0 Å². The van der Waals surface area contributed by atoms with Crippen LogP contribution in [0.4, 0.5) is 4.39 Å². The molecule has 16 heavy (non-hydrogen) atoms. The second kappa shape index (κ2) is 5.27. The highest BCUT2D eigenvalue weighted by Crippen LogP contribution is 2.24. The highest BCUT2D eigenvalue weighted by molar-refractivity contribution is 6.30. The van der Waals surface area contributed by atoms with Crippen molar-refractivity contribution in [1.82, 2.24) is 0 Å². The fourth-order valence-electron chi connectivity index (χ4n) is 1.34. The maximum absolute atomic E-state index is 12.9. The number of halogens is 2. The molecule has 1 aromatic rings. The third-order valence-corrected chi connectivity index (χ3v) is 2.77. The van der Waals surface area contributed by atoms with Gasteiger partial charge < -0.3 is 10.5 Å². The Kier molecular flexibility index (Phi) is 4.26. The van der Waals surface area contributed by atoms with Gasteiger partial charge in [0.25, 0.3) is 0 Å². The molecule has 5 heteroatoms. The van der Waals surface area contributed by atoms with E-state index in [1.54, 1.807) is 13.0 Å². The molecule has 0 spiro atoms. The van der Waals surface area contributed by atoms with Gasteiger partial charge in [-0.1, -0.05) is 24.6 Å². The lowest BCUT2D eigenvalue weighted by molar-refractivity contribution is -0.142. The summed E-state index contributed by atoms with van der Waals surface area (Å²) in [5, 5.41) is 0.0152. The number of benzene rings is 1. The van der Waals surface area contributed by atoms with Crippen molar-refractivity contribution >= 4 is 17.6 Å². The van der Waals surface area contributed by atoms with Crippen molar-refractivity contribution in [2.75, 3.05) is 7.11 Å². The maximum Gasteiger partial charge on any atom is 0.323 e. The fourth-order valence-corrected chi connectivity index (χ4v) is 1.53. The number of methoxy groups -OCH3 is 1. The smallest absolute Gasteiger partial charge is 0.323 e. The maximum atomic E-state index is 12.9. The van der Waals surface area contributed by atoms with Crippen LogP contribution in [0, 0.1) is 5.82 Å². The van der Waals surface area contributed by atoms with E-state index in [0.29, 0.717) is 5.56 Å². The van der Waals surface area contributed by atoms with Crippen LogP contribution in [0.2, 0.25) is 5.02 Å². The molecule has 0 aromatic heterocycles. The number of carbonyl (C=O) groups is 1. The first-order valence-corrected chi connectivity index (χ1v) is 5.13. The Balaban J connectivity index is 2.91. The molecule has 0 fully saturated rings. The van der Waals surface area contributed by atoms with E-state index in [1.807, 2.05) is 0 Å². The second-order valence-corrected chi connectivity index (χ2v) is 3.92. The van der Waals surface area contributed by atoms with Gasteiger partial charge in [0.2, 0.25) is 0 Å². The van der Waals surface area contributed by atoms with Crippen LogP contribution in [-0.4, -0.2) is 19.1 Å². The summed E-state index contributed by atoms with van der Waals surface area (Å²) < 4.78 is 17.5. The number of nitrogens with two attached hydrogens (primary N) is 1. The van der Waals surface area contributed by atoms with Crippen molar-refractivity contribution in [3.05, 3.63) is 34.6 Å². The van der Waals surface area contributed by atoms with Crippen molar-refractivity contribution in [3.63, 3.8) is 0 Å². The van der Waals surface area contributed by atoms with Crippen LogP contribution in [-0.2, 0) is 9.53 Å². The number of hydrogen-bond donors (Lipinski definition) is 1. The predicted octanol–water partition coefficient (Wildman–Crippen LogP) is 2.08. The minimum atomic E-state index is -0.786. The van der Waals surface area contributed by atoms with E-state index in [-0.39, 0.29) is 10.9 Å². The Labute approximate surface area is 98.3 Å². The first-order chi connectivity index (χ1) is 7.47. The SMILES string of the molecule is COC(=O)C(N)C(C)c1ccc(F)c(Cl)c1. The lowest BCUT2D eigenvalue weighted by Gasteiger charge is -2.18. The van der Waals surface area contributed by atoms with E-state index in [9.17, 15) is 9.18 Å². The number of rotatable bonds is 3. The zero-order valence-electron chi connectivity index (χ0n) is 9.04. The Hall–Kier alpha value is -1.13. The van der Waals surface area contributed by atoms with Crippen LogP contribution < -0.4 is 5.73 Å². The molecule has 2 N–H and O–H groups in total. The van der Waals surface area contributed by atoms with E-state index in [2.05, 4.69) is 4.74 Å². The largest absolute Gasteiger partial charge is 0.468 e. The summed E-state index contributed by atoms with van der Waals surface area (Å²) in [7, 11) is 1.27. The van der Waals surface area contributed by atoms with Crippen molar-refractivity contribution in [2.24, 2.45) is 5.73 Å². The normalized spacial score (nSPS) is 14.3. The molecule has 2 atom stereocenters. The molecule has 0 aliphatic heterocycles. The molecule has 1 aromatic carbocycles. The molecule has 1 rings (SSSR count). The predicted molar refractivity (Wildman–Crippen MR) is 59.8 cm³/mol. The van der Waals surface area contributed by atoms with Crippen molar-refractivity contribution < 1.29 is 13.9 Å². The molecule has 0 bridgehead atoms. The van der Waals surface area contributed by atoms with Crippen LogP contribution >= 0.6 is 11.6 Å². The molecule has 0 heterocycles. The quantitative estimate of drug-likeness (QED) is 0.830. The third kappa shape index (κ3) is 2.71. The lowest BCUT2D eigenvalue weighted by Crippen LogP contribution is -2.36. The zero-order chi connectivity index (χ0) is 12.3. The lowest BCUT2D eigenvalue weighted by atomic mass is 9.94. The Morgan fingerprint density at radius 3 is 2.69 bits per heavy atom. The number of carbonyl (C=O) groups excluding carboxylic acids is 1. The first-order valence-electron chi connectivity index (χ1n) is 4.75. The minimum absolute atomic E-state index is 0.0152. The van der Waals surface area contributed by atoms with E-state index < -0.39 is 17.8 Å². The summed E-state index contributed by atoms with van der Waals surface area (Å²) in [4.78, 5) is 11.2. The first kappa shape index (κ1) is 12.9. The van der Waals surface area contributed by atoms with Gasteiger partial charge in [-0.25, -0.2) is 4.39 Å². The van der Waals surface area contributed by atoms with Crippen LogP contribution in [0.1, 0.15) is 18.4 Å². The molecule has 0 aliphatic rings. The Morgan fingerprint density at radius 2 is 2.19 bits per heavy atom. The van der Waals surface area contributed by atoms with Gasteiger partial charge >= 0.3 is 5.97 Å². The molecule has 0 amide bonds. The van der Waals surface area contributed by atoms with Gasteiger partial charge in [-0.3, -0.25) is 4.79 Å². The van der Waals surface area contributed by atoms with Crippen molar-refractivity contribution in [1.29, 1.82) is 0 Å². The highest BCUT2D eigenvalue weighted by Gasteiger charge is 2.23. The summed E-state index contributed by atoms with van der Waals surface area (Å²) in [6.45, 7) is 1.76. The minimum Gasteiger partial charge on any atom is -0.468 e. The van der Waals surface area contributed by atoms with Crippen LogP contribution in [0.25, 0.3) is 0 Å². The molecular formula is C11H13ClFNO2. The van der Waals surface area contributed by atoms with E-state index in [1.165, 1.54) is 19.2 Å². The zero-order valence-corrected chi connectivity index (χ0v) is 9.79.